The monoisotopic (exact) mass is 490 g/mol. The summed E-state index contributed by atoms with van der Waals surface area (Å²) >= 11 is 0. The van der Waals surface area contributed by atoms with Crippen LogP contribution < -0.4 is 24.8 Å². The minimum atomic E-state index is 0. The summed E-state index contributed by atoms with van der Waals surface area (Å²) in [7, 11) is 2.06. The largest absolute Gasteiger partial charge is 3.00 e. The molecule has 0 saturated heterocycles. The molecule has 1 fully saturated rings. The molecule has 2 aliphatic carbocycles. The Morgan fingerprint density at radius 1 is 1.12 bits per heavy atom. The van der Waals surface area contributed by atoms with Crippen molar-refractivity contribution in [2.45, 2.75) is 96.6 Å². The first-order valence-electron chi connectivity index (χ1n) is 9.87. The van der Waals surface area contributed by atoms with Gasteiger partial charge in [-0.05, 0) is 48.4 Å². The minimum absolute atomic E-state index is 0. The number of unbranched alkanes of at least 4 members (excludes halogenated alkanes) is 5. The Morgan fingerprint density at radius 3 is 2.46 bits per heavy atom. The molecule has 147 valence electrons. The summed E-state index contributed by atoms with van der Waals surface area (Å²) in [6.45, 7) is 4.59. The van der Waals surface area contributed by atoms with E-state index in [1.807, 2.05) is 0 Å². The van der Waals surface area contributed by atoms with Crippen LogP contribution in [0.1, 0.15) is 84.5 Å². The van der Waals surface area contributed by atoms with E-state index in [0.717, 1.165) is 5.92 Å². The van der Waals surface area contributed by atoms with E-state index >= 15 is 0 Å². The summed E-state index contributed by atoms with van der Waals surface area (Å²) in [6, 6.07) is 1.08. The van der Waals surface area contributed by atoms with E-state index in [-0.39, 0.29) is 51.0 Å². The van der Waals surface area contributed by atoms with Crippen molar-refractivity contribution >= 4 is 15.0 Å². The quantitative estimate of drug-likeness (QED) is 0.269. The number of allylic oxidation sites excluding steroid dienone is 3. The van der Waals surface area contributed by atoms with Gasteiger partial charge in [0.25, 0.3) is 0 Å². The molecule has 0 heterocycles. The van der Waals surface area contributed by atoms with Crippen LogP contribution >= 0.6 is 0 Å². The van der Waals surface area contributed by atoms with Crippen LogP contribution in [0.2, 0.25) is 0 Å². The fraction of sp³-hybridized carbons (Fsp3) is 0.762. The van der Waals surface area contributed by atoms with E-state index in [0.29, 0.717) is 12.1 Å². The molecule has 2 rings (SSSR count). The molecule has 0 N–H and O–H groups in total. The van der Waals surface area contributed by atoms with Crippen LogP contribution in [0, 0.1) is 5.92 Å². The molecule has 0 aromatic heterocycles. The average Bonchev–Trinajstić information content (AvgIpc) is 2.93. The number of hydrogen-bond acceptors (Lipinski definition) is 0. The first kappa shape index (κ1) is 29.2. The molecule has 3 atom stereocenters. The molecule has 0 aromatic carbocycles. The van der Waals surface area contributed by atoms with E-state index < -0.39 is 0 Å². The minimum Gasteiger partial charge on any atom is -1.00 e. The van der Waals surface area contributed by atoms with Gasteiger partial charge < -0.3 is 30.1 Å². The zero-order valence-corrected chi connectivity index (χ0v) is 22.0. The Hall–Kier alpha value is 0.990. The molecule has 3 unspecified atom stereocenters. The third kappa shape index (κ3) is 11.1. The maximum Gasteiger partial charge on any atom is 3.00 e. The first-order chi connectivity index (χ1) is 11.2. The van der Waals surface area contributed by atoms with Gasteiger partial charge in [-0.1, -0.05) is 80.8 Å². The average molecular weight is 493 g/mol. The maximum atomic E-state index is 5.12. The molecule has 1 saturated carbocycles. The number of nitrogens with zero attached hydrogens (tertiary/aromatic N) is 1. The summed E-state index contributed by atoms with van der Waals surface area (Å²) < 4.78 is 0. The van der Waals surface area contributed by atoms with Crippen molar-refractivity contribution in [3.63, 3.8) is 0 Å². The molecule has 5 heteroatoms. The molecule has 26 heavy (non-hydrogen) atoms. The Morgan fingerprint density at radius 2 is 1.77 bits per heavy atom. The van der Waals surface area contributed by atoms with Crippen molar-refractivity contribution in [2.24, 2.45) is 5.92 Å². The maximum absolute atomic E-state index is 5.12. The number of hydrogen-bond donors (Lipinski definition) is 0. The fourth-order valence-electron chi connectivity index (χ4n) is 4.00. The molecule has 2 aliphatic rings. The molecular weight excluding hydrogens is 456 g/mol. The van der Waals surface area contributed by atoms with Crippen molar-refractivity contribution in [2.75, 3.05) is 0 Å². The van der Waals surface area contributed by atoms with Crippen molar-refractivity contribution in [1.82, 2.24) is 0 Å². The molecule has 0 amide bonds. The van der Waals surface area contributed by atoms with Crippen LogP contribution in [0.3, 0.4) is 0 Å². The summed E-state index contributed by atoms with van der Waals surface area (Å²) in [5.74, 6) is 0.811. The van der Waals surface area contributed by atoms with Crippen LogP contribution in [0.25, 0.3) is 5.32 Å². The predicted octanol–water partition coefficient (Wildman–Crippen LogP) is -0.635. The van der Waals surface area contributed by atoms with E-state index in [9.17, 15) is 0 Å². The van der Waals surface area contributed by atoms with Crippen LogP contribution in [-0.2, 0) is 26.2 Å². The van der Waals surface area contributed by atoms with Crippen molar-refractivity contribution < 1.29 is 51.0 Å². The van der Waals surface area contributed by atoms with Gasteiger partial charge in [-0.15, -0.1) is 12.1 Å². The Bertz CT molecular complexity index is 440. The van der Waals surface area contributed by atoms with Gasteiger partial charge >= 0.3 is 26.2 Å². The Labute approximate surface area is 196 Å². The Kier molecular flexibility index (Phi) is 19.0. The van der Waals surface area contributed by atoms with Gasteiger partial charge in [-0.3, -0.25) is 0 Å². The van der Waals surface area contributed by atoms with Crippen LogP contribution in [0.4, 0.5) is 0 Å². The van der Waals surface area contributed by atoms with Gasteiger partial charge in [-0.2, -0.15) is 0 Å². The van der Waals surface area contributed by atoms with Crippen LogP contribution in [0.15, 0.2) is 23.8 Å². The smallest absolute Gasteiger partial charge is 1.00 e. The van der Waals surface area contributed by atoms with E-state index in [4.69, 9.17) is 5.32 Å². The molecule has 0 aliphatic heterocycles. The number of fused-ring (bicyclic) bond motifs is 1. The first-order valence-corrected chi connectivity index (χ1v) is 10.6. The molecule has 0 spiro atoms. The van der Waals surface area contributed by atoms with Gasteiger partial charge in [0, 0.05) is 0 Å². The second kappa shape index (κ2) is 16.9. The SMILES string of the molecule is CC(=[SiH2])CCCCCCCCC(C)[N-]C1CCC2CC=CC=C21.[Cl-].[Cl-].[Zr+3]. The molecule has 0 bridgehead atoms. The molecule has 0 aromatic rings. The fourth-order valence-corrected chi connectivity index (χ4v) is 4.25. The molecular formula is C21H36Cl2NSiZr. The topological polar surface area (TPSA) is 14.1 Å². The van der Waals surface area contributed by atoms with E-state index in [1.165, 1.54) is 70.6 Å². The van der Waals surface area contributed by atoms with Crippen molar-refractivity contribution in [3.8, 4) is 0 Å². The number of halogens is 2. The Balaban J connectivity index is 0. The normalized spacial score (nSPS) is 21.5. The van der Waals surface area contributed by atoms with Gasteiger partial charge in [0.15, 0.2) is 0 Å². The summed E-state index contributed by atoms with van der Waals surface area (Å²) in [5.41, 5.74) is 1.63. The van der Waals surface area contributed by atoms with Gasteiger partial charge in [0.1, 0.15) is 0 Å². The third-order valence-corrected chi connectivity index (χ3v) is 5.75. The summed E-state index contributed by atoms with van der Waals surface area (Å²) in [5, 5.41) is 6.73. The zero-order chi connectivity index (χ0) is 16.5. The van der Waals surface area contributed by atoms with Crippen LogP contribution in [-0.4, -0.2) is 27.1 Å². The van der Waals surface area contributed by atoms with Crippen molar-refractivity contribution in [1.29, 1.82) is 0 Å². The van der Waals surface area contributed by atoms with Gasteiger partial charge in [0.2, 0.25) is 0 Å². The molecule has 1 radical (unpaired) electrons. The zero-order valence-electron chi connectivity index (χ0n) is 16.7. The number of rotatable bonds is 11. The second-order valence-corrected chi connectivity index (χ2v) is 8.94. The molecule has 1 nitrogen and oxygen atoms in total. The van der Waals surface area contributed by atoms with Crippen molar-refractivity contribution in [3.05, 3.63) is 29.1 Å². The summed E-state index contributed by atoms with van der Waals surface area (Å²) in [6.07, 6.45) is 21.8. The van der Waals surface area contributed by atoms with E-state index in [2.05, 4.69) is 41.9 Å². The third-order valence-electron chi connectivity index (χ3n) is 5.40. The van der Waals surface area contributed by atoms with Gasteiger partial charge in [0.05, 0.1) is 0 Å². The van der Waals surface area contributed by atoms with Crippen LogP contribution in [0.5, 0.6) is 0 Å². The standard InChI is InChI=1S/C21H36NSi.2ClH.Zr/c1-17(11-7-5-3-4-6-8-12-18(2)23)22-21-16-15-19-13-9-10-14-20(19)21;;;/h9-10,14,17,19,21H,3-8,11-13,15-16,23H2,1-2H3;2*1H;/q-1;;;+3/p-2. The van der Waals surface area contributed by atoms with Gasteiger partial charge in [-0.25, -0.2) is 0 Å². The van der Waals surface area contributed by atoms with E-state index in [1.54, 1.807) is 10.7 Å². The summed E-state index contributed by atoms with van der Waals surface area (Å²) in [4.78, 5) is 0. The predicted molar refractivity (Wildman–Crippen MR) is 107 cm³/mol. The second-order valence-electron chi connectivity index (χ2n) is 7.74.